The van der Waals surface area contributed by atoms with Gasteiger partial charge in [0.2, 0.25) is 60.7 Å². The van der Waals surface area contributed by atoms with E-state index in [1.54, 1.807) is 152 Å². The van der Waals surface area contributed by atoms with Gasteiger partial charge in [-0.05, 0) is 144 Å². The van der Waals surface area contributed by atoms with Gasteiger partial charge in [0.15, 0.2) is 88.3 Å². The second-order valence-corrected chi connectivity index (χ2v) is 29.4. The molecular formula is C94H78Cl10F2N6O12S2. The van der Waals surface area contributed by atoms with Gasteiger partial charge in [-0.2, -0.15) is 30.8 Å². The molecular weight excluding hydrogens is 1860 g/mol. The minimum atomic E-state index is -0.634. The predicted octanol–water partition coefficient (Wildman–Crippen LogP) is 1.84. The molecule has 12 aromatic heterocycles. The molecule has 18 aromatic rings. The van der Waals surface area contributed by atoms with Crippen molar-refractivity contribution in [1.29, 1.82) is 0 Å². The molecule has 4 N–H and O–H groups in total. The lowest BCUT2D eigenvalue weighted by atomic mass is 10.0. The van der Waals surface area contributed by atoms with Crippen molar-refractivity contribution in [3.63, 3.8) is 0 Å². The van der Waals surface area contributed by atoms with Gasteiger partial charge in [0.1, 0.15) is 26.3 Å². The highest BCUT2D eigenvalue weighted by molar-refractivity contribution is 7.80. The second-order valence-electron chi connectivity index (χ2n) is 26.9. The highest BCUT2D eigenvalue weighted by Gasteiger charge is 2.33. The summed E-state index contributed by atoms with van der Waals surface area (Å²) in [6, 6.07) is 66.1. The Morgan fingerprint density at radius 1 is 0.341 bits per heavy atom. The number of rotatable bonds is 11. The highest BCUT2D eigenvalue weighted by atomic mass is 35.5. The summed E-state index contributed by atoms with van der Waals surface area (Å²) in [6.07, 6.45) is 14.4. The lowest BCUT2D eigenvalue weighted by molar-refractivity contribution is -0.483. The number of aryl methyl sites for hydroxylation is 1. The van der Waals surface area contributed by atoms with Gasteiger partial charge in [-0.1, -0.05) is 90.1 Å². The van der Waals surface area contributed by atoms with Gasteiger partial charge in [-0.15, -0.1) is 25.3 Å². The number of halogens is 12. The molecule has 0 saturated heterocycles. The zero-order chi connectivity index (χ0) is 85.2. The molecule has 0 atom stereocenters. The summed E-state index contributed by atoms with van der Waals surface area (Å²) in [6.45, 7) is 9.91. The molecule has 0 radical (unpaired) electrons. The highest BCUT2D eigenvalue weighted by Crippen LogP contribution is 2.39. The molecule has 126 heavy (non-hydrogen) atoms. The van der Waals surface area contributed by atoms with E-state index in [2.05, 4.69) is 52.7 Å². The normalized spacial score (nSPS) is 10.5. The minimum Gasteiger partial charge on any atom is -1.00 e. The number of hydrogen-bond acceptors (Lipinski definition) is 14. The predicted molar refractivity (Wildman–Crippen MR) is 466 cm³/mol. The molecule has 0 aliphatic rings. The van der Waals surface area contributed by atoms with Crippen molar-refractivity contribution in [3.8, 4) is 23.0 Å². The van der Waals surface area contributed by atoms with Crippen molar-refractivity contribution in [3.05, 3.63) is 321 Å². The summed E-state index contributed by atoms with van der Waals surface area (Å²) < 4.78 is 58.8. The first-order chi connectivity index (χ1) is 58.1. The lowest BCUT2D eigenvalue weighted by Crippen LogP contribution is -3.00. The standard InChI is InChI=1S/C17H16ClNS.2C16H12ClNO3.2C16H12FNO3.C13H8ClNS.6ClH/c1-2-3-7-12-15-10-4-5-11-19(15)16-13(17(12)20)8-6-9-14(16)18;1-2-21-16(20)13-12-8-3-4-9-18(12)14-10(15(13)19)6-5-7-11(14)17;1-2-21-16(20)14-12-7-3-4-9-18(12)11-8-5-6-10(17)13(11)15(14)19;1-2-21-16(20)13-12-8-3-4-9-18(12)14-10(15(13)19)6-5-7-11(14)17;1-2-21-16(20)14-12-5-3-4-8-18(12)13-9-10(17)6-7-11(13)15(14)19;14-11-6-3-5-10-12(16)8-9-4-1-2-7-15(9)13(10)11;;;;;;/h4-6,8-11H,2-3,7H2,1H3;4*3-9H,2H2,1H3;1-8H;6*1H. The molecule has 0 fully saturated rings. The van der Waals surface area contributed by atoms with Gasteiger partial charge in [0.25, 0.3) is 5.52 Å². The third-order valence-electron chi connectivity index (χ3n) is 19.7. The average Bonchev–Trinajstić information content (AvgIpc) is 0.773. The summed E-state index contributed by atoms with van der Waals surface area (Å²) in [5, 5.41) is 48.0. The van der Waals surface area contributed by atoms with E-state index >= 15 is 0 Å². The van der Waals surface area contributed by atoms with Crippen LogP contribution >= 0.6 is 71.7 Å². The zero-order valence-corrected chi connectivity index (χ0v) is 76.8. The number of pyridine rings is 12. The Balaban J connectivity index is 0.000000206. The third-order valence-corrected chi connectivity index (χ3v) is 21.8. The molecule has 0 aliphatic carbocycles. The topological polar surface area (TPSA) is 211 Å². The van der Waals surface area contributed by atoms with Gasteiger partial charge < -0.3 is 114 Å². The smallest absolute Gasteiger partial charge is 0.348 e. The summed E-state index contributed by atoms with van der Waals surface area (Å²) in [4.78, 5) is 50.6. The maximum atomic E-state index is 14.1. The Morgan fingerprint density at radius 3 is 1.17 bits per heavy atom. The fourth-order valence-corrected chi connectivity index (χ4v) is 16.2. The number of unbranched alkanes of at least 4 members (excludes halogenated alkanes) is 1. The number of aromatic hydroxyl groups is 4. The average molecular weight is 1940 g/mol. The first-order valence-electron chi connectivity index (χ1n) is 38.2. The zero-order valence-electron chi connectivity index (χ0n) is 67.4. The summed E-state index contributed by atoms with van der Waals surface area (Å²) in [5.74, 6) is -3.99. The van der Waals surface area contributed by atoms with Gasteiger partial charge in [0, 0.05) is 106 Å². The number of aromatic nitrogens is 6. The quantitative estimate of drug-likeness (QED) is 0.0361. The second kappa shape index (κ2) is 46.1. The lowest BCUT2D eigenvalue weighted by Gasteiger charge is -2.09. The molecule has 0 bridgehead atoms. The van der Waals surface area contributed by atoms with Gasteiger partial charge in [-0.25, -0.2) is 23.6 Å². The molecule has 0 saturated carbocycles. The van der Waals surface area contributed by atoms with Crippen LogP contribution < -0.4 is 101 Å². The first-order valence-corrected chi connectivity index (χ1v) is 40.6. The first kappa shape index (κ1) is 102. The van der Waals surface area contributed by atoms with Crippen LogP contribution in [0.3, 0.4) is 0 Å². The monoisotopic (exact) mass is 1930 g/mol. The van der Waals surface area contributed by atoms with E-state index in [-0.39, 0.29) is 157 Å². The molecule has 6 aromatic carbocycles. The molecule has 0 amide bonds. The van der Waals surface area contributed by atoms with E-state index in [4.69, 9.17) is 78.0 Å². The van der Waals surface area contributed by atoms with Crippen molar-refractivity contribution in [2.75, 3.05) is 26.4 Å². The van der Waals surface area contributed by atoms with Crippen LogP contribution in [0.2, 0.25) is 20.1 Å². The van der Waals surface area contributed by atoms with E-state index in [1.807, 2.05) is 95.7 Å². The number of hydrogen-bond donors (Lipinski definition) is 6. The third kappa shape index (κ3) is 20.7. The van der Waals surface area contributed by atoms with Gasteiger partial charge in [-0.3, -0.25) is 0 Å². The molecule has 0 unspecified atom stereocenters. The fourth-order valence-electron chi connectivity index (χ4n) is 14.5. The number of nitrogens with zero attached hydrogens (tertiary/aromatic N) is 6. The van der Waals surface area contributed by atoms with Crippen LogP contribution in [0.4, 0.5) is 8.78 Å². The number of fused-ring (bicyclic) bond motifs is 18. The number of esters is 4. The van der Waals surface area contributed by atoms with Crippen LogP contribution in [0.25, 0.3) is 98.5 Å². The van der Waals surface area contributed by atoms with Crippen molar-refractivity contribution >= 4 is 194 Å². The van der Waals surface area contributed by atoms with Crippen LogP contribution in [0.15, 0.2) is 271 Å². The Hall–Kier alpha value is -10.8. The molecule has 0 spiro atoms. The Labute approximate surface area is 789 Å². The summed E-state index contributed by atoms with van der Waals surface area (Å²) in [7, 11) is 0. The Kier molecular flexibility index (Phi) is 37.4. The molecule has 652 valence electrons. The summed E-state index contributed by atoms with van der Waals surface area (Å²) >= 11 is 34.4. The van der Waals surface area contributed by atoms with Crippen molar-refractivity contribution in [2.24, 2.45) is 0 Å². The van der Waals surface area contributed by atoms with Crippen molar-refractivity contribution in [1.82, 2.24) is 0 Å². The molecule has 18 rings (SSSR count). The van der Waals surface area contributed by atoms with Crippen LogP contribution in [0.5, 0.6) is 23.0 Å². The minimum absolute atomic E-state index is 0. The summed E-state index contributed by atoms with van der Waals surface area (Å²) in [5.41, 5.74) is 10.1. The van der Waals surface area contributed by atoms with Crippen molar-refractivity contribution < 1.29 is 168 Å². The SMILES string of the molecule is CCCCc1c(S)c2cccc(Cl)c2[n+]2ccccc12.CCOC(=O)c1c(O)c2c(Cl)cccc2[n+]2ccccc12.CCOC(=O)c1c(O)c2ccc(F)cc2[n+]2ccccc12.CCOC(=O)c1c(O)c2cccc(Cl)c2[n+]2ccccc12.CCOC(=O)c1c(O)c2cccc(F)c2[n+]2ccccc12.Sc1cc2cccc[n+]2c2c(Cl)cccc12.[Cl-].[Cl-].[Cl-].[Cl-].[Cl-].[Cl-]. The number of benzene rings is 6. The van der Waals surface area contributed by atoms with Crippen LogP contribution in [0.1, 0.15) is 94.5 Å². The number of thiol groups is 2. The van der Waals surface area contributed by atoms with E-state index in [0.29, 0.717) is 59.3 Å². The number of carbonyl (C=O) groups is 4. The number of carbonyl (C=O) groups excluding carboxylic acids is 4. The number of para-hydroxylation sites is 4. The van der Waals surface area contributed by atoms with E-state index < -0.39 is 35.5 Å². The number of ether oxygens (including phenoxy) is 4. The van der Waals surface area contributed by atoms with Crippen LogP contribution in [-0.4, -0.2) is 70.7 Å². The van der Waals surface area contributed by atoms with Crippen molar-refractivity contribution in [2.45, 2.75) is 63.7 Å². The Morgan fingerprint density at radius 2 is 0.690 bits per heavy atom. The molecule has 12 heterocycles. The molecule has 0 aliphatic heterocycles. The fraction of sp³-hybridized carbons (Fsp3) is 0.128. The maximum Gasteiger partial charge on any atom is 0.348 e. The maximum absolute atomic E-state index is 14.1. The van der Waals surface area contributed by atoms with E-state index in [1.165, 1.54) is 58.7 Å². The van der Waals surface area contributed by atoms with Crippen LogP contribution in [-0.2, 0) is 25.4 Å². The Bertz CT molecular complexity index is 6940. The molecule has 32 heteroatoms. The van der Waals surface area contributed by atoms with E-state index in [9.17, 15) is 48.4 Å². The van der Waals surface area contributed by atoms with E-state index in [0.717, 1.165) is 59.1 Å². The van der Waals surface area contributed by atoms with Crippen LogP contribution in [0, 0.1) is 11.6 Å². The molecule has 18 nitrogen and oxygen atoms in total. The van der Waals surface area contributed by atoms with Gasteiger partial charge >= 0.3 is 23.9 Å². The van der Waals surface area contributed by atoms with Gasteiger partial charge in [0.05, 0.1) is 58.4 Å². The largest absolute Gasteiger partial charge is 1.00 e.